The fraction of sp³-hybridized carbons (Fsp3) is 0.667. The van der Waals surface area contributed by atoms with Crippen molar-refractivity contribution >= 4 is 0 Å². The number of ether oxygens (including phenoxy) is 2. The maximum Gasteiger partial charge on any atom is 0.119 e. The van der Waals surface area contributed by atoms with Crippen LogP contribution in [0.5, 0.6) is 5.75 Å². The Hall–Kier alpha value is -1.06. The van der Waals surface area contributed by atoms with E-state index in [4.69, 9.17) is 9.47 Å². The molecule has 1 fully saturated rings. The molecule has 3 heteroatoms. The third kappa shape index (κ3) is 6.49. The molecule has 1 saturated carbocycles. The molecule has 21 heavy (non-hydrogen) atoms. The highest BCUT2D eigenvalue weighted by Gasteiger charge is 2.12. The van der Waals surface area contributed by atoms with Crippen molar-refractivity contribution < 1.29 is 9.47 Å². The summed E-state index contributed by atoms with van der Waals surface area (Å²) in [6, 6.07) is 8.35. The second-order valence-corrected chi connectivity index (χ2v) is 5.83. The first-order valence-corrected chi connectivity index (χ1v) is 8.38. The number of hydrogen-bond donors (Lipinski definition) is 1. The Morgan fingerprint density at radius 3 is 2.81 bits per heavy atom. The van der Waals surface area contributed by atoms with Crippen molar-refractivity contribution in [3.05, 3.63) is 29.8 Å². The van der Waals surface area contributed by atoms with Crippen LogP contribution < -0.4 is 10.1 Å². The highest BCUT2D eigenvalue weighted by atomic mass is 16.5. The van der Waals surface area contributed by atoms with Crippen LogP contribution in [0.2, 0.25) is 0 Å². The van der Waals surface area contributed by atoms with E-state index < -0.39 is 0 Å². The summed E-state index contributed by atoms with van der Waals surface area (Å²) in [7, 11) is 0. The molecule has 0 atom stereocenters. The first-order chi connectivity index (χ1) is 10.4. The van der Waals surface area contributed by atoms with Crippen LogP contribution in [0.15, 0.2) is 24.3 Å². The fourth-order valence-corrected chi connectivity index (χ4v) is 2.92. The minimum Gasteiger partial charge on any atom is -0.491 e. The van der Waals surface area contributed by atoms with E-state index in [0.29, 0.717) is 13.2 Å². The van der Waals surface area contributed by atoms with Crippen LogP contribution in [0.25, 0.3) is 0 Å². The lowest BCUT2D eigenvalue weighted by atomic mass is 9.89. The highest BCUT2D eigenvalue weighted by molar-refractivity contribution is 5.28. The molecule has 0 spiro atoms. The molecule has 1 aliphatic carbocycles. The summed E-state index contributed by atoms with van der Waals surface area (Å²) in [6.07, 6.45) is 7.05. The van der Waals surface area contributed by atoms with E-state index in [0.717, 1.165) is 31.4 Å². The van der Waals surface area contributed by atoms with Crippen LogP contribution in [-0.4, -0.2) is 26.4 Å². The van der Waals surface area contributed by atoms with E-state index in [1.165, 1.54) is 37.7 Å². The standard InChI is InChI=1S/C18H29NO2/c1-2-20-11-12-21-18-10-6-9-17(13-18)15-19-14-16-7-4-3-5-8-16/h6,9-10,13,16,19H,2-5,7-8,11-12,14-15H2,1H3. The maximum absolute atomic E-state index is 5.69. The van der Waals surface area contributed by atoms with Crippen LogP contribution in [0.3, 0.4) is 0 Å². The van der Waals surface area contributed by atoms with Gasteiger partial charge in [0.1, 0.15) is 12.4 Å². The summed E-state index contributed by atoms with van der Waals surface area (Å²) in [4.78, 5) is 0. The Kier molecular flexibility index (Phi) is 7.61. The van der Waals surface area contributed by atoms with Gasteiger partial charge < -0.3 is 14.8 Å². The van der Waals surface area contributed by atoms with Gasteiger partial charge in [-0.05, 0) is 49.9 Å². The minimum atomic E-state index is 0.618. The predicted octanol–water partition coefficient (Wildman–Crippen LogP) is 3.77. The molecule has 2 rings (SSSR count). The molecule has 0 radical (unpaired) electrons. The Morgan fingerprint density at radius 2 is 2.00 bits per heavy atom. The van der Waals surface area contributed by atoms with Crippen molar-refractivity contribution in [3.63, 3.8) is 0 Å². The van der Waals surface area contributed by atoms with Gasteiger partial charge in [-0.1, -0.05) is 31.4 Å². The summed E-state index contributed by atoms with van der Waals surface area (Å²) in [5.41, 5.74) is 1.29. The quantitative estimate of drug-likeness (QED) is 0.703. The zero-order valence-corrected chi connectivity index (χ0v) is 13.3. The zero-order chi connectivity index (χ0) is 14.8. The molecule has 0 unspecified atom stereocenters. The van der Waals surface area contributed by atoms with Gasteiger partial charge in [0.2, 0.25) is 0 Å². The summed E-state index contributed by atoms with van der Waals surface area (Å²) in [5.74, 6) is 1.82. The number of rotatable bonds is 9. The van der Waals surface area contributed by atoms with Gasteiger partial charge in [-0.2, -0.15) is 0 Å². The fourth-order valence-electron chi connectivity index (χ4n) is 2.92. The largest absolute Gasteiger partial charge is 0.491 e. The first kappa shape index (κ1) is 16.3. The summed E-state index contributed by atoms with van der Waals surface area (Å²) in [6.45, 7) is 6.09. The van der Waals surface area contributed by atoms with Crippen molar-refractivity contribution in [2.75, 3.05) is 26.4 Å². The van der Waals surface area contributed by atoms with Crippen LogP contribution in [0.4, 0.5) is 0 Å². The van der Waals surface area contributed by atoms with E-state index in [2.05, 4.69) is 23.5 Å². The van der Waals surface area contributed by atoms with Gasteiger partial charge in [0.25, 0.3) is 0 Å². The monoisotopic (exact) mass is 291 g/mol. The Morgan fingerprint density at radius 1 is 1.14 bits per heavy atom. The van der Waals surface area contributed by atoms with E-state index >= 15 is 0 Å². The topological polar surface area (TPSA) is 30.5 Å². The zero-order valence-electron chi connectivity index (χ0n) is 13.3. The highest BCUT2D eigenvalue weighted by Crippen LogP contribution is 2.23. The lowest BCUT2D eigenvalue weighted by Crippen LogP contribution is -2.24. The van der Waals surface area contributed by atoms with E-state index in [9.17, 15) is 0 Å². The van der Waals surface area contributed by atoms with Crippen molar-refractivity contribution in [1.82, 2.24) is 5.32 Å². The van der Waals surface area contributed by atoms with Gasteiger partial charge >= 0.3 is 0 Å². The molecule has 0 saturated heterocycles. The second-order valence-electron chi connectivity index (χ2n) is 5.83. The van der Waals surface area contributed by atoms with Crippen molar-refractivity contribution in [3.8, 4) is 5.75 Å². The lowest BCUT2D eigenvalue weighted by Gasteiger charge is -2.21. The third-order valence-corrected chi connectivity index (χ3v) is 4.09. The van der Waals surface area contributed by atoms with Crippen LogP contribution >= 0.6 is 0 Å². The van der Waals surface area contributed by atoms with Crippen molar-refractivity contribution in [2.45, 2.75) is 45.6 Å². The molecule has 0 aliphatic heterocycles. The van der Waals surface area contributed by atoms with Gasteiger partial charge in [0.15, 0.2) is 0 Å². The molecule has 0 amide bonds. The van der Waals surface area contributed by atoms with Gasteiger partial charge in [-0.3, -0.25) is 0 Å². The summed E-state index contributed by atoms with van der Waals surface area (Å²) in [5, 5.41) is 3.59. The lowest BCUT2D eigenvalue weighted by molar-refractivity contribution is 0.110. The first-order valence-electron chi connectivity index (χ1n) is 8.38. The molecule has 1 N–H and O–H groups in total. The van der Waals surface area contributed by atoms with Crippen LogP contribution in [0.1, 0.15) is 44.6 Å². The van der Waals surface area contributed by atoms with Crippen molar-refractivity contribution in [2.24, 2.45) is 5.92 Å². The Balaban J connectivity index is 1.67. The van der Waals surface area contributed by atoms with Gasteiger partial charge in [0, 0.05) is 13.2 Å². The summed E-state index contributed by atoms with van der Waals surface area (Å²) >= 11 is 0. The maximum atomic E-state index is 5.69. The molecule has 3 nitrogen and oxygen atoms in total. The Labute approximate surface area is 129 Å². The predicted molar refractivity (Wildman–Crippen MR) is 86.7 cm³/mol. The number of nitrogens with one attached hydrogen (secondary N) is 1. The molecule has 0 aromatic heterocycles. The van der Waals surface area contributed by atoms with Crippen LogP contribution in [0, 0.1) is 5.92 Å². The van der Waals surface area contributed by atoms with Gasteiger partial charge in [-0.15, -0.1) is 0 Å². The number of benzene rings is 1. The molecule has 118 valence electrons. The molecular formula is C18H29NO2. The molecule has 1 aliphatic rings. The smallest absolute Gasteiger partial charge is 0.119 e. The normalized spacial score (nSPS) is 16.0. The number of hydrogen-bond acceptors (Lipinski definition) is 3. The van der Waals surface area contributed by atoms with Gasteiger partial charge in [-0.25, -0.2) is 0 Å². The van der Waals surface area contributed by atoms with Crippen molar-refractivity contribution in [1.29, 1.82) is 0 Å². The second kappa shape index (κ2) is 9.80. The molecule has 0 bridgehead atoms. The van der Waals surface area contributed by atoms with E-state index in [1.54, 1.807) is 0 Å². The minimum absolute atomic E-state index is 0.618. The molecule has 1 aromatic carbocycles. The van der Waals surface area contributed by atoms with Gasteiger partial charge in [0.05, 0.1) is 6.61 Å². The average Bonchev–Trinajstić information content (AvgIpc) is 2.53. The van der Waals surface area contributed by atoms with Crippen LogP contribution in [-0.2, 0) is 11.3 Å². The SMILES string of the molecule is CCOCCOc1cccc(CNCC2CCCCC2)c1. The average molecular weight is 291 g/mol. The third-order valence-electron chi connectivity index (χ3n) is 4.09. The molecule has 1 aromatic rings. The molecular weight excluding hydrogens is 262 g/mol. The van der Waals surface area contributed by atoms with E-state index in [1.807, 2.05) is 13.0 Å². The Bertz CT molecular complexity index is 389. The summed E-state index contributed by atoms with van der Waals surface area (Å²) < 4.78 is 11.0. The molecule has 0 heterocycles. The van der Waals surface area contributed by atoms with E-state index in [-0.39, 0.29) is 0 Å².